The van der Waals surface area contributed by atoms with Gasteiger partial charge < -0.3 is 14.8 Å². The largest absolute Gasteiger partial charge is 0.455 e. The predicted octanol–water partition coefficient (Wildman–Crippen LogP) is 4.09. The van der Waals surface area contributed by atoms with Gasteiger partial charge in [-0.05, 0) is 43.2 Å². The summed E-state index contributed by atoms with van der Waals surface area (Å²) in [6.07, 6.45) is -0.509. The summed E-state index contributed by atoms with van der Waals surface area (Å²) in [4.78, 5) is 0. The minimum absolute atomic E-state index is 0.0313. The summed E-state index contributed by atoms with van der Waals surface area (Å²) in [6.45, 7) is 4.68. The van der Waals surface area contributed by atoms with Crippen LogP contribution in [0.1, 0.15) is 29.9 Å². The number of aliphatic hydroxyl groups is 1. The van der Waals surface area contributed by atoms with Gasteiger partial charge in [-0.25, -0.2) is 0 Å². The lowest BCUT2D eigenvalue weighted by Gasteiger charge is -2.17. The molecule has 3 N–H and O–H groups in total. The zero-order chi connectivity index (χ0) is 17.8. The zero-order valence-electron chi connectivity index (χ0n) is 14.4. The Morgan fingerprint density at radius 3 is 2.56 bits per heavy atom. The molecular formula is C21H23ClNO2+. The lowest BCUT2D eigenvalue weighted by atomic mass is 10.0. The maximum Gasteiger partial charge on any atom is 0.158 e. The fraction of sp³-hybridized carbons (Fsp3) is 0.238. The van der Waals surface area contributed by atoms with E-state index in [1.807, 2.05) is 74.5 Å². The van der Waals surface area contributed by atoms with Gasteiger partial charge in [0, 0.05) is 10.6 Å². The number of nitrogens with two attached hydrogens (primary N) is 1. The first-order valence-corrected chi connectivity index (χ1v) is 8.84. The predicted molar refractivity (Wildman–Crippen MR) is 100 cm³/mol. The average molecular weight is 357 g/mol. The van der Waals surface area contributed by atoms with Crippen LogP contribution in [-0.4, -0.2) is 11.1 Å². The smallest absolute Gasteiger partial charge is 0.158 e. The fourth-order valence-electron chi connectivity index (χ4n) is 2.89. The summed E-state index contributed by atoms with van der Waals surface area (Å²) >= 11 is 6.19. The molecule has 25 heavy (non-hydrogen) atoms. The molecule has 0 fully saturated rings. The fourth-order valence-corrected chi connectivity index (χ4v) is 3.07. The second kappa shape index (κ2) is 7.87. The number of hydrogen-bond acceptors (Lipinski definition) is 2. The van der Waals surface area contributed by atoms with Crippen molar-refractivity contribution in [3.63, 3.8) is 0 Å². The van der Waals surface area contributed by atoms with Gasteiger partial charge >= 0.3 is 0 Å². The Kier molecular flexibility index (Phi) is 5.59. The molecule has 130 valence electrons. The van der Waals surface area contributed by atoms with Gasteiger partial charge in [-0.15, -0.1) is 0 Å². The van der Waals surface area contributed by atoms with Crippen LogP contribution in [0, 0.1) is 6.92 Å². The molecule has 3 aromatic rings. The van der Waals surface area contributed by atoms with Crippen molar-refractivity contribution in [2.75, 3.05) is 0 Å². The molecule has 0 radical (unpaired) electrons. The van der Waals surface area contributed by atoms with Gasteiger partial charge in [0.2, 0.25) is 0 Å². The van der Waals surface area contributed by atoms with Crippen LogP contribution >= 0.6 is 11.6 Å². The molecular weight excluding hydrogens is 334 g/mol. The van der Waals surface area contributed by atoms with Gasteiger partial charge in [0.25, 0.3) is 0 Å². The molecule has 1 aromatic heterocycles. The molecule has 3 nitrogen and oxygen atoms in total. The summed E-state index contributed by atoms with van der Waals surface area (Å²) in [7, 11) is 0. The van der Waals surface area contributed by atoms with E-state index in [2.05, 4.69) is 5.32 Å². The summed E-state index contributed by atoms with van der Waals surface area (Å²) in [5.41, 5.74) is 2.96. The Bertz CT molecular complexity index is 829. The molecule has 0 aliphatic heterocycles. The number of hydrogen-bond donors (Lipinski definition) is 2. The Balaban J connectivity index is 1.65. The van der Waals surface area contributed by atoms with Gasteiger partial charge in [-0.1, -0.05) is 54.1 Å². The SMILES string of the molecule is Cc1c(Cl)cccc1-c1ccc(C[NH2+][C@H](C)[C@H](O)c2ccccc2)o1. The van der Waals surface area contributed by atoms with Crippen LogP contribution in [0.2, 0.25) is 5.02 Å². The van der Waals surface area contributed by atoms with Crippen LogP contribution in [0.4, 0.5) is 0 Å². The van der Waals surface area contributed by atoms with Gasteiger partial charge in [-0.2, -0.15) is 0 Å². The average Bonchev–Trinajstić information content (AvgIpc) is 3.11. The monoisotopic (exact) mass is 356 g/mol. The number of rotatable bonds is 6. The first-order valence-electron chi connectivity index (χ1n) is 8.47. The van der Waals surface area contributed by atoms with E-state index < -0.39 is 6.10 Å². The van der Waals surface area contributed by atoms with Crippen LogP contribution < -0.4 is 5.32 Å². The minimum Gasteiger partial charge on any atom is -0.455 e. The topological polar surface area (TPSA) is 50.0 Å². The first-order chi connectivity index (χ1) is 12.1. The Hall–Kier alpha value is -2.07. The minimum atomic E-state index is -0.509. The van der Waals surface area contributed by atoms with Crippen molar-refractivity contribution >= 4 is 11.6 Å². The second-order valence-electron chi connectivity index (χ2n) is 6.33. The molecule has 2 atom stereocenters. The maximum atomic E-state index is 10.4. The van der Waals surface area contributed by atoms with E-state index in [0.717, 1.165) is 33.2 Å². The van der Waals surface area contributed by atoms with Gasteiger partial charge in [0.1, 0.15) is 24.5 Å². The zero-order valence-corrected chi connectivity index (χ0v) is 15.2. The molecule has 0 aliphatic carbocycles. The lowest BCUT2D eigenvalue weighted by Crippen LogP contribution is -2.88. The summed E-state index contributed by atoms with van der Waals surface area (Å²) in [5, 5.41) is 13.3. The molecule has 0 saturated heterocycles. The molecule has 0 aliphatic rings. The number of furan rings is 1. The molecule has 4 heteroatoms. The van der Waals surface area contributed by atoms with Gasteiger partial charge in [0.15, 0.2) is 5.76 Å². The van der Waals surface area contributed by atoms with Crippen molar-refractivity contribution in [3.8, 4) is 11.3 Å². The van der Waals surface area contributed by atoms with E-state index in [1.165, 1.54) is 0 Å². The molecule has 0 saturated carbocycles. The first kappa shape index (κ1) is 17.7. The third-order valence-electron chi connectivity index (χ3n) is 4.52. The molecule has 1 heterocycles. The van der Waals surface area contributed by atoms with Crippen molar-refractivity contribution in [2.24, 2.45) is 0 Å². The van der Waals surface area contributed by atoms with Gasteiger partial charge in [0.05, 0.1) is 0 Å². The number of benzene rings is 2. The highest BCUT2D eigenvalue weighted by Crippen LogP contribution is 2.29. The molecule has 0 unspecified atom stereocenters. The Morgan fingerprint density at radius 2 is 1.80 bits per heavy atom. The van der Waals surface area contributed by atoms with E-state index in [4.69, 9.17) is 16.0 Å². The third-order valence-corrected chi connectivity index (χ3v) is 4.93. The Labute approximate surface area is 153 Å². The van der Waals surface area contributed by atoms with Crippen molar-refractivity contribution in [1.82, 2.24) is 0 Å². The highest BCUT2D eigenvalue weighted by atomic mass is 35.5. The van der Waals surface area contributed by atoms with E-state index >= 15 is 0 Å². The second-order valence-corrected chi connectivity index (χ2v) is 6.74. The number of quaternary nitrogens is 1. The molecule has 0 amide bonds. The van der Waals surface area contributed by atoms with Crippen LogP contribution in [0.15, 0.2) is 65.1 Å². The molecule has 0 spiro atoms. The Morgan fingerprint density at radius 1 is 1.04 bits per heavy atom. The van der Waals surface area contributed by atoms with Crippen LogP contribution in [0.3, 0.4) is 0 Å². The van der Waals surface area contributed by atoms with Crippen LogP contribution in [0.25, 0.3) is 11.3 Å². The summed E-state index contributed by atoms with van der Waals surface area (Å²) < 4.78 is 5.97. The van der Waals surface area contributed by atoms with Crippen molar-refractivity contribution in [2.45, 2.75) is 32.5 Å². The summed E-state index contributed by atoms with van der Waals surface area (Å²) in [6, 6.07) is 19.5. The molecule has 0 bridgehead atoms. The third kappa shape index (κ3) is 4.13. The molecule has 2 aromatic carbocycles. The van der Waals surface area contributed by atoms with Crippen molar-refractivity contribution in [3.05, 3.63) is 82.6 Å². The highest BCUT2D eigenvalue weighted by Gasteiger charge is 2.19. The van der Waals surface area contributed by atoms with E-state index in [1.54, 1.807) is 0 Å². The van der Waals surface area contributed by atoms with E-state index in [0.29, 0.717) is 6.54 Å². The van der Waals surface area contributed by atoms with Gasteiger partial charge in [-0.3, -0.25) is 0 Å². The van der Waals surface area contributed by atoms with E-state index in [9.17, 15) is 5.11 Å². The number of aliphatic hydroxyl groups excluding tert-OH is 1. The van der Waals surface area contributed by atoms with Crippen LogP contribution in [-0.2, 0) is 6.54 Å². The van der Waals surface area contributed by atoms with Crippen molar-refractivity contribution < 1.29 is 14.8 Å². The highest BCUT2D eigenvalue weighted by molar-refractivity contribution is 6.31. The van der Waals surface area contributed by atoms with Crippen molar-refractivity contribution in [1.29, 1.82) is 0 Å². The summed E-state index contributed by atoms with van der Waals surface area (Å²) in [5.74, 6) is 1.70. The maximum absolute atomic E-state index is 10.4. The lowest BCUT2D eigenvalue weighted by molar-refractivity contribution is -0.710. The molecule has 3 rings (SSSR count). The van der Waals surface area contributed by atoms with Crippen LogP contribution in [0.5, 0.6) is 0 Å². The normalized spacial score (nSPS) is 13.6. The standard InChI is InChI=1S/C21H22ClNO2/c1-14-18(9-6-10-19(14)22)20-12-11-17(25-20)13-23-15(2)21(24)16-7-4-3-5-8-16/h3-12,15,21,23-24H,13H2,1-2H3/p+1/t15-,21+/m1/s1. The quantitative estimate of drug-likeness (QED) is 0.698. The van der Waals surface area contributed by atoms with E-state index in [-0.39, 0.29) is 6.04 Å². The number of halogens is 1.